The van der Waals surface area contributed by atoms with Crippen molar-refractivity contribution in [2.24, 2.45) is 11.8 Å². The van der Waals surface area contributed by atoms with Crippen LogP contribution in [0.2, 0.25) is 0 Å². The quantitative estimate of drug-likeness (QED) is 0.735. The van der Waals surface area contributed by atoms with Gasteiger partial charge in [-0.1, -0.05) is 0 Å². The smallest absolute Gasteiger partial charge is 0.471 e. The molecule has 0 spiro atoms. The Kier molecular flexibility index (Phi) is 3.50. The molecule has 1 aliphatic heterocycles. The second-order valence-corrected chi connectivity index (χ2v) is 3.80. The monoisotopic (exact) mass is 279 g/mol. The SMILES string of the molecule is O=C(O)[C@@H]1CN(C(=O)C(F)(F)F)C[C@H]1C(F)(F)F. The number of amides is 1. The van der Waals surface area contributed by atoms with Gasteiger partial charge in [0.2, 0.25) is 0 Å². The predicted molar refractivity (Wildman–Crippen MR) is 43.3 cm³/mol. The molecule has 1 aliphatic rings. The average Bonchev–Trinajstić information content (AvgIpc) is 2.58. The molecule has 0 unspecified atom stereocenters. The highest BCUT2D eigenvalue weighted by molar-refractivity contribution is 5.83. The van der Waals surface area contributed by atoms with E-state index in [2.05, 4.69) is 0 Å². The van der Waals surface area contributed by atoms with Crippen molar-refractivity contribution in [2.45, 2.75) is 12.4 Å². The lowest BCUT2D eigenvalue weighted by molar-refractivity contribution is -0.192. The van der Waals surface area contributed by atoms with Crippen LogP contribution in [0.25, 0.3) is 0 Å². The minimum Gasteiger partial charge on any atom is -0.481 e. The molecule has 4 nitrogen and oxygen atoms in total. The summed E-state index contributed by atoms with van der Waals surface area (Å²) in [7, 11) is 0. The van der Waals surface area contributed by atoms with E-state index in [0.717, 1.165) is 0 Å². The Morgan fingerprint density at radius 1 is 1.06 bits per heavy atom. The third kappa shape index (κ3) is 2.85. The molecule has 1 N–H and O–H groups in total. The van der Waals surface area contributed by atoms with E-state index in [0.29, 0.717) is 0 Å². The topological polar surface area (TPSA) is 57.6 Å². The Morgan fingerprint density at radius 3 is 1.83 bits per heavy atom. The number of aliphatic carboxylic acids is 1. The molecule has 1 heterocycles. The number of nitrogens with zero attached hydrogens (tertiary/aromatic N) is 1. The first-order valence-electron chi connectivity index (χ1n) is 4.60. The number of carboxylic acids is 1. The van der Waals surface area contributed by atoms with Crippen LogP contribution in [-0.2, 0) is 9.59 Å². The summed E-state index contributed by atoms with van der Waals surface area (Å²) in [6.45, 7) is -2.39. The van der Waals surface area contributed by atoms with Crippen LogP contribution in [0.4, 0.5) is 26.3 Å². The van der Waals surface area contributed by atoms with Gasteiger partial charge in [0, 0.05) is 13.1 Å². The standard InChI is InChI=1S/C8H7F6NO3/c9-7(10,11)4-2-15(1-3(4)5(16)17)6(18)8(12,13)14/h3-4H,1-2H2,(H,16,17)/t3-,4-/m1/s1. The summed E-state index contributed by atoms with van der Waals surface area (Å²) in [4.78, 5) is 21.2. The van der Waals surface area contributed by atoms with Crippen LogP contribution in [0.15, 0.2) is 0 Å². The number of likely N-dealkylation sites (tertiary alicyclic amines) is 1. The van der Waals surface area contributed by atoms with E-state index in [-0.39, 0.29) is 4.90 Å². The number of rotatable bonds is 1. The minimum atomic E-state index is -5.32. The number of alkyl halides is 6. The van der Waals surface area contributed by atoms with E-state index in [1.807, 2.05) is 0 Å². The number of halogens is 6. The molecule has 1 fully saturated rings. The highest BCUT2D eigenvalue weighted by Gasteiger charge is 2.56. The Labute approximate surface area is 96.2 Å². The van der Waals surface area contributed by atoms with Gasteiger partial charge < -0.3 is 10.0 Å². The molecule has 1 saturated heterocycles. The fourth-order valence-corrected chi connectivity index (χ4v) is 1.73. The van der Waals surface area contributed by atoms with Crippen LogP contribution < -0.4 is 0 Å². The number of hydrogen-bond acceptors (Lipinski definition) is 2. The van der Waals surface area contributed by atoms with Crippen molar-refractivity contribution in [2.75, 3.05) is 13.1 Å². The summed E-state index contributed by atoms with van der Waals surface area (Å²) < 4.78 is 73.4. The molecule has 0 aliphatic carbocycles. The van der Waals surface area contributed by atoms with Crippen molar-refractivity contribution < 1.29 is 41.0 Å². The molecule has 1 rings (SSSR count). The van der Waals surface area contributed by atoms with Crippen LogP contribution in [0.3, 0.4) is 0 Å². The van der Waals surface area contributed by atoms with Crippen molar-refractivity contribution in [1.29, 1.82) is 0 Å². The van der Waals surface area contributed by atoms with Gasteiger partial charge in [0.05, 0.1) is 11.8 Å². The van der Waals surface area contributed by atoms with Crippen LogP contribution in [-0.4, -0.2) is 47.3 Å². The highest BCUT2D eigenvalue weighted by atomic mass is 19.4. The average molecular weight is 279 g/mol. The van der Waals surface area contributed by atoms with Gasteiger partial charge in [-0.25, -0.2) is 0 Å². The molecule has 2 atom stereocenters. The first kappa shape index (κ1) is 14.6. The van der Waals surface area contributed by atoms with Gasteiger partial charge >= 0.3 is 24.2 Å². The zero-order valence-electron chi connectivity index (χ0n) is 8.55. The first-order valence-corrected chi connectivity index (χ1v) is 4.60. The molecule has 18 heavy (non-hydrogen) atoms. The van der Waals surface area contributed by atoms with Crippen molar-refractivity contribution in [3.05, 3.63) is 0 Å². The molecule has 0 aromatic heterocycles. The maximum absolute atomic E-state index is 12.4. The third-order valence-corrected chi connectivity index (χ3v) is 2.59. The maximum Gasteiger partial charge on any atom is 0.471 e. The zero-order chi connectivity index (χ0) is 14.3. The lowest BCUT2D eigenvalue weighted by Crippen LogP contribution is -2.40. The molecule has 0 aromatic rings. The largest absolute Gasteiger partial charge is 0.481 e. The Hall–Kier alpha value is -1.48. The van der Waals surface area contributed by atoms with Crippen molar-refractivity contribution in [3.8, 4) is 0 Å². The highest BCUT2D eigenvalue weighted by Crippen LogP contribution is 2.38. The van der Waals surface area contributed by atoms with Crippen LogP contribution in [0.1, 0.15) is 0 Å². The molecule has 104 valence electrons. The molecular weight excluding hydrogens is 272 g/mol. The van der Waals surface area contributed by atoms with E-state index < -0.39 is 49.2 Å². The molecule has 0 saturated carbocycles. The summed E-state index contributed by atoms with van der Waals surface area (Å²) >= 11 is 0. The molecule has 0 radical (unpaired) electrons. The lowest BCUT2D eigenvalue weighted by atomic mass is 9.96. The Bertz CT molecular complexity index is 363. The van der Waals surface area contributed by atoms with E-state index >= 15 is 0 Å². The predicted octanol–water partition coefficient (Wildman–Crippen LogP) is 1.27. The molecule has 10 heteroatoms. The Morgan fingerprint density at radius 2 is 1.56 bits per heavy atom. The fourth-order valence-electron chi connectivity index (χ4n) is 1.73. The normalized spacial score (nSPS) is 25.3. The maximum atomic E-state index is 12.4. The van der Waals surface area contributed by atoms with Crippen molar-refractivity contribution >= 4 is 11.9 Å². The first-order chi connectivity index (χ1) is 7.94. The summed E-state index contributed by atoms with van der Waals surface area (Å²) in [5.74, 6) is -8.90. The number of carbonyl (C=O) groups excluding carboxylic acids is 1. The molecular formula is C8H7F6NO3. The zero-order valence-corrected chi connectivity index (χ0v) is 8.55. The van der Waals surface area contributed by atoms with Gasteiger partial charge in [-0.2, -0.15) is 26.3 Å². The van der Waals surface area contributed by atoms with Crippen LogP contribution >= 0.6 is 0 Å². The fraction of sp³-hybridized carbons (Fsp3) is 0.750. The summed E-state index contributed by atoms with van der Waals surface area (Å²) in [6, 6.07) is 0. The van der Waals surface area contributed by atoms with Gasteiger partial charge in [0.15, 0.2) is 0 Å². The van der Waals surface area contributed by atoms with Gasteiger partial charge in [0.25, 0.3) is 0 Å². The molecule has 0 aromatic carbocycles. The van der Waals surface area contributed by atoms with Gasteiger partial charge in [0.1, 0.15) is 0 Å². The lowest BCUT2D eigenvalue weighted by Gasteiger charge is -2.19. The summed E-state index contributed by atoms with van der Waals surface area (Å²) in [6.07, 6.45) is -10.3. The second kappa shape index (κ2) is 4.32. The molecule has 0 bridgehead atoms. The second-order valence-electron chi connectivity index (χ2n) is 3.80. The number of hydrogen-bond donors (Lipinski definition) is 1. The van der Waals surface area contributed by atoms with E-state index in [1.54, 1.807) is 0 Å². The Balaban J connectivity index is 2.93. The van der Waals surface area contributed by atoms with Crippen molar-refractivity contribution in [3.63, 3.8) is 0 Å². The summed E-state index contributed by atoms with van der Waals surface area (Å²) in [5, 5.41) is 8.53. The number of carboxylic acid groups (broad SMARTS) is 1. The molecule has 1 amide bonds. The van der Waals surface area contributed by atoms with E-state index in [4.69, 9.17) is 5.11 Å². The van der Waals surface area contributed by atoms with Crippen LogP contribution in [0.5, 0.6) is 0 Å². The number of carbonyl (C=O) groups is 2. The van der Waals surface area contributed by atoms with Gasteiger partial charge in [-0.3, -0.25) is 9.59 Å². The van der Waals surface area contributed by atoms with Crippen LogP contribution in [0, 0.1) is 11.8 Å². The van der Waals surface area contributed by atoms with Crippen molar-refractivity contribution in [1.82, 2.24) is 4.90 Å². The van der Waals surface area contributed by atoms with E-state index in [9.17, 15) is 35.9 Å². The third-order valence-electron chi connectivity index (χ3n) is 2.59. The van der Waals surface area contributed by atoms with E-state index in [1.165, 1.54) is 0 Å². The van der Waals surface area contributed by atoms with Gasteiger partial charge in [-0.05, 0) is 0 Å². The van der Waals surface area contributed by atoms with Gasteiger partial charge in [-0.15, -0.1) is 0 Å². The summed E-state index contributed by atoms with van der Waals surface area (Å²) in [5.41, 5.74) is 0. The minimum absolute atomic E-state index is 0.128.